The van der Waals surface area contributed by atoms with Gasteiger partial charge in [-0.2, -0.15) is 0 Å². The van der Waals surface area contributed by atoms with Crippen LogP contribution < -0.4 is 5.32 Å². The predicted molar refractivity (Wildman–Crippen MR) is 338 cm³/mol. The molecule has 1 saturated heterocycles. The summed E-state index contributed by atoms with van der Waals surface area (Å²) in [6, 6.07) is -0.827. The summed E-state index contributed by atoms with van der Waals surface area (Å²) in [5.41, 5.74) is 0. The summed E-state index contributed by atoms with van der Waals surface area (Å²) in [5, 5.41) is 54.2. The number of aliphatic hydroxyl groups excluding tert-OH is 5. The summed E-state index contributed by atoms with van der Waals surface area (Å²) >= 11 is 0. The van der Waals surface area contributed by atoms with Crippen LogP contribution in [0.3, 0.4) is 0 Å². The van der Waals surface area contributed by atoms with Gasteiger partial charge in [0.2, 0.25) is 5.91 Å². The maximum absolute atomic E-state index is 13.0. The minimum atomic E-state index is -1.58. The standard InChI is InChI=1S/C70H129NO10/c1-3-5-7-9-11-13-14-15-31-35-38-42-46-50-54-58-66(75)79-59-55-51-47-43-39-36-33-30-28-26-24-22-20-18-16-17-19-21-23-25-27-29-32-34-37-41-45-49-53-57-65(74)71-62(63(73)56-52-48-44-40-12-10-8-6-4-2)61-80-70-69(78)68(77)67(76)64(60-72)81-70/h12,16,18,22,24,40,52,56,62-64,67-70,72-73,76-78H,3-11,13-15,17,19-21,23,25-39,41-51,53-55,57-61H2,1-2H3,(H,71,74)/b18-16-,24-22-,40-12+,56-52+. The first kappa shape index (κ1) is 76.6. The lowest BCUT2D eigenvalue weighted by Gasteiger charge is -2.40. The second-order valence-electron chi connectivity index (χ2n) is 23.9. The largest absolute Gasteiger partial charge is 0.466 e. The number of unbranched alkanes of at least 4 members (excludes halogenated alkanes) is 40. The Hall–Kier alpha value is -2.38. The highest BCUT2D eigenvalue weighted by molar-refractivity contribution is 5.76. The van der Waals surface area contributed by atoms with Gasteiger partial charge in [-0.05, 0) is 77.0 Å². The molecule has 11 heteroatoms. The quantitative estimate of drug-likeness (QED) is 0.0195. The summed E-state index contributed by atoms with van der Waals surface area (Å²) in [5.74, 6) is -0.189. The van der Waals surface area contributed by atoms with Gasteiger partial charge in [0, 0.05) is 12.8 Å². The smallest absolute Gasteiger partial charge is 0.305 e. The molecule has 6 N–H and O–H groups in total. The third-order valence-electron chi connectivity index (χ3n) is 16.2. The fraction of sp³-hybridized carbons (Fsp3) is 0.857. The average molecular weight is 1140 g/mol. The lowest BCUT2D eigenvalue weighted by molar-refractivity contribution is -0.302. The highest BCUT2D eigenvalue weighted by Crippen LogP contribution is 2.23. The number of allylic oxidation sites excluding steroid dienone is 7. The van der Waals surface area contributed by atoms with Gasteiger partial charge >= 0.3 is 5.97 Å². The molecule has 0 aliphatic carbocycles. The van der Waals surface area contributed by atoms with Crippen LogP contribution in [0.15, 0.2) is 48.6 Å². The molecule has 1 amide bonds. The minimum Gasteiger partial charge on any atom is -0.466 e. The molecule has 11 nitrogen and oxygen atoms in total. The van der Waals surface area contributed by atoms with E-state index in [0.29, 0.717) is 19.4 Å². The number of ether oxygens (including phenoxy) is 3. The Morgan fingerprint density at radius 2 is 0.840 bits per heavy atom. The molecule has 81 heavy (non-hydrogen) atoms. The second kappa shape index (κ2) is 59.4. The minimum absolute atomic E-state index is 0.00586. The van der Waals surface area contributed by atoms with Crippen molar-refractivity contribution in [1.82, 2.24) is 5.32 Å². The van der Waals surface area contributed by atoms with E-state index in [4.69, 9.17) is 14.2 Å². The first-order chi connectivity index (χ1) is 39.7. The van der Waals surface area contributed by atoms with Crippen molar-refractivity contribution in [2.45, 2.75) is 365 Å². The van der Waals surface area contributed by atoms with E-state index >= 15 is 0 Å². The molecule has 1 aliphatic heterocycles. The highest BCUT2D eigenvalue weighted by Gasteiger charge is 2.44. The van der Waals surface area contributed by atoms with E-state index in [9.17, 15) is 35.1 Å². The number of aliphatic hydroxyl groups is 5. The molecule has 0 saturated carbocycles. The molecule has 0 bridgehead atoms. The Bertz CT molecular complexity index is 1480. The lowest BCUT2D eigenvalue weighted by atomic mass is 9.99. The first-order valence-electron chi connectivity index (χ1n) is 34.4. The zero-order chi connectivity index (χ0) is 58.7. The molecule has 0 spiro atoms. The van der Waals surface area contributed by atoms with Crippen molar-refractivity contribution in [3.05, 3.63) is 48.6 Å². The van der Waals surface area contributed by atoms with Gasteiger partial charge in [0.1, 0.15) is 24.4 Å². The molecule has 0 radical (unpaired) electrons. The Kier molecular flexibility index (Phi) is 56.2. The first-order valence-corrected chi connectivity index (χ1v) is 34.4. The number of hydrogen-bond donors (Lipinski definition) is 6. The van der Waals surface area contributed by atoms with Gasteiger partial charge < -0.3 is 45.1 Å². The van der Waals surface area contributed by atoms with Crippen molar-refractivity contribution < 1.29 is 49.3 Å². The van der Waals surface area contributed by atoms with Crippen LogP contribution in [-0.4, -0.2) is 100 Å². The highest BCUT2D eigenvalue weighted by atomic mass is 16.7. The van der Waals surface area contributed by atoms with E-state index in [2.05, 4.69) is 55.6 Å². The van der Waals surface area contributed by atoms with E-state index in [1.165, 1.54) is 231 Å². The van der Waals surface area contributed by atoms with E-state index in [1.807, 2.05) is 6.08 Å². The summed E-state index contributed by atoms with van der Waals surface area (Å²) in [4.78, 5) is 25.1. The summed E-state index contributed by atoms with van der Waals surface area (Å²) in [6.45, 7) is 4.30. The molecule has 7 atom stereocenters. The van der Waals surface area contributed by atoms with Gasteiger partial charge in [-0.15, -0.1) is 0 Å². The van der Waals surface area contributed by atoms with Crippen LogP contribution in [0.2, 0.25) is 0 Å². The third kappa shape index (κ3) is 48.5. The maximum atomic E-state index is 13.0. The second-order valence-corrected chi connectivity index (χ2v) is 23.9. The van der Waals surface area contributed by atoms with E-state index < -0.39 is 49.5 Å². The number of hydrogen-bond acceptors (Lipinski definition) is 10. The lowest BCUT2D eigenvalue weighted by Crippen LogP contribution is -2.60. The fourth-order valence-corrected chi connectivity index (χ4v) is 10.7. The predicted octanol–water partition coefficient (Wildman–Crippen LogP) is 17.2. The molecule has 1 heterocycles. The number of carbonyl (C=O) groups is 2. The molecular formula is C70H129NO10. The van der Waals surface area contributed by atoms with E-state index in [0.717, 1.165) is 64.2 Å². The third-order valence-corrected chi connectivity index (χ3v) is 16.2. The van der Waals surface area contributed by atoms with Gasteiger partial charge in [-0.1, -0.05) is 281 Å². The van der Waals surface area contributed by atoms with E-state index in [-0.39, 0.29) is 18.5 Å². The Morgan fingerprint density at radius 3 is 1.32 bits per heavy atom. The van der Waals surface area contributed by atoms with Crippen LogP contribution in [0.25, 0.3) is 0 Å². The van der Waals surface area contributed by atoms with Gasteiger partial charge in [0.15, 0.2) is 6.29 Å². The van der Waals surface area contributed by atoms with Crippen molar-refractivity contribution in [3.8, 4) is 0 Å². The van der Waals surface area contributed by atoms with Gasteiger partial charge in [-0.25, -0.2) is 0 Å². The van der Waals surface area contributed by atoms with Crippen LogP contribution in [-0.2, 0) is 23.8 Å². The normalized spacial score (nSPS) is 18.5. The van der Waals surface area contributed by atoms with Crippen molar-refractivity contribution >= 4 is 11.9 Å². The molecule has 1 aliphatic rings. The van der Waals surface area contributed by atoms with Crippen LogP contribution in [0, 0.1) is 0 Å². The van der Waals surface area contributed by atoms with Crippen LogP contribution in [0.5, 0.6) is 0 Å². The zero-order valence-corrected chi connectivity index (χ0v) is 52.5. The van der Waals surface area contributed by atoms with Crippen molar-refractivity contribution in [2.75, 3.05) is 19.8 Å². The molecule has 0 aromatic carbocycles. The monoisotopic (exact) mass is 1140 g/mol. The number of nitrogens with one attached hydrogen (secondary N) is 1. The molecule has 1 rings (SSSR count). The summed E-state index contributed by atoms with van der Waals surface area (Å²) in [6.07, 6.45) is 66.9. The van der Waals surface area contributed by atoms with E-state index in [1.54, 1.807) is 6.08 Å². The Morgan fingerprint density at radius 1 is 0.457 bits per heavy atom. The molecule has 0 aromatic rings. The summed E-state index contributed by atoms with van der Waals surface area (Å²) in [7, 11) is 0. The number of carbonyl (C=O) groups excluding carboxylic acids is 2. The number of rotatable bonds is 60. The zero-order valence-electron chi connectivity index (χ0n) is 52.5. The number of amides is 1. The molecule has 1 fully saturated rings. The van der Waals surface area contributed by atoms with Gasteiger partial charge in [0.25, 0.3) is 0 Å². The molecule has 7 unspecified atom stereocenters. The molecule has 0 aromatic heterocycles. The van der Waals surface area contributed by atoms with Gasteiger partial charge in [-0.3, -0.25) is 9.59 Å². The van der Waals surface area contributed by atoms with Crippen LogP contribution >= 0.6 is 0 Å². The summed E-state index contributed by atoms with van der Waals surface area (Å²) < 4.78 is 16.7. The van der Waals surface area contributed by atoms with Crippen LogP contribution in [0.1, 0.15) is 322 Å². The molecular weight excluding hydrogens is 1010 g/mol. The van der Waals surface area contributed by atoms with Crippen molar-refractivity contribution in [1.29, 1.82) is 0 Å². The topological polar surface area (TPSA) is 175 Å². The van der Waals surface area contributed by atoms with Gasteiger partial charge in [0.05, 0.1) is 32.0 Å². The van der Waals surface area contributed by atoms with Crippen LogP contribution in [0.4, 0.5) is 0 Å². The molecule has 474 valence electrons. The average Bonchev–Trinajstić information content (AvgIpc) is 3.47. The Balaban J connectivity index is 1.94. The van der Waals surface area contributed by atoms with Crippen molar-refractivity contribution in [3.63, 3.8) is 0 Å². The Labute approximate surface area is 497 Å². The maximum Gasteiger partial charge on any atom is 0.305 e. The number of esters is 1. The SMILES string of the molecule is CCCCC/C=C/CC/C=C/C(O)C(COC1OC(CO)C(O)C(O)C1O)NC(=O)CCCCCCCCCCCCCCC/C=C\C/C=C\CCCCCCCCCCCOC(=O)CCCCCCCCCCCCCCCCC. The fourth-order valence-electron chi connectivity index (χ4n) is 10.7. The van der Waals surface area contributed by atoms with Crippen molar-refractivity contribution in [2.24, 2.45) is 0 Å².